The average molecular weight is 526 g/mol. The minimum atomic E-state index is -1.94. The topological polar surface area (TPSA) is 62.6 Å². The number of nitriles is 1. The standard InChI is InChI=1S/C22F6N6S2/c1-30-5(4-29)21-33-17-15(28)12(25)8-9(18(17)35-21)11(24)7-6(10(8)23)13(26)16-19(14(7)27)36-22(34-16)20(31-2)32-3/b21-5-. The zero-order valence-corrected chi connectivity index (χ0v) is 18.4. The summed E-state index contributed by atoms with van der Waals surface area (Å²) >= 11 is 0.730. The number of halogens is 6. The highest BCUT2D eigenvalue weighted by atomic mass is 32.1. The van der Waals surface area contributed by atoms with Gasteiger partial charge in [0, 0.05) is 5.39 Å². The molecule has 2 heterocycles. The molecule has 0 N–H and O–H groups in total. The van der Waals surface area contributed by atoms with Crippen molar-refractivity contribution in [3.05, 3.63) is 78.5 Å². The van der Waals surface area contributed by atoms with Gasteiger partial charge < -0.3 is 0 Å². The molecule has 0 bridgehead atoms. The number of benzene rings is 3. The summed E-state index contributed by atoms with van der Waals surface area (Å²) in [7, 11) is 0. The van der Waals surface area contributed by atoms with Crippen LogP contribution in [0.4, 0.5) is 26.3 Å². The Hall–Kier alpha value is -4.76. The smallest absolute Gasteiger partial charge is 0.244 e. The summed E-state index contributed by atoms with van der Waals surface area (Å²) < 4.78 is 90.0. The molecule has 5 rings (SSSR count). The maximum Gasteiger partial charge on any atom is 0.555 e. The molecule has 0 saturated carbocycles. The third-order valence-corrected chi connectivity index (χ3v) is 7.27. The van der Waals surface area contributed by atoms with Crippen molar-refractivity contribution in [3.63, 3.8) is 0 Å². The van der Waals surface area contributed by atoms with Crippen molar-refractivity contribution in [1.82, 2.24) is 9.97 Å². The third kappa shape index (κ3) is 2.80. The van der Waals surface area contributed by atoms with E-state index in [9.17, 15) is 8.78 Å². The highest BCUT2D eigenvalue weighted by Gasteiger charge is 2.31. The highest BCUT2D eigenvalue weighted by Crippen LogP contribution is 2.42. The second-order valence-corrected chi connectivity index (χ2v) is 8.89. The summed E-state index contributed by atoms with van der Waals surface area (Å²) in [4.78, 5) is 16.0. The molecule has 36 heavy (non-hydrogen) atoms. The van der Waals surface area contributed by atoms with Gasteiger partial charge in [0.25, 0.3) is 5.70 Å². The van der Waals surface area contributed by atoms with Gasteiger partial charge in [-0.25, -0.2) is 46.4 Å². The second-order valence-electron chi connectivity index (χ2n) is 6.90. The van der Waals surface area contributed by atoms with Crippen molar-refractivity contribution >= 4 is 76.2 Å². The van der Waals surface area contributed by atoms with Gasteiger partial charge in [0.2, 0.25) is 4.66 Å². The van der Waals surface area contributed by atoms with Crippen LogP contribution >= 0.6 is 22.7 Å². The maximum absolute atomic E-state index is 15.8. The molecule has 0 unspecified atom stereocenters. The Labute approximate surface area is 202 Å². The van der Waals surface area contributed by atoms with Gasteiger partial charge in [-0.05, 0) is 0 Å². The predicted octanol–water partition coefficient (Wildman–Crippen LogP) is 5.50. The molecular weight excluding hydrogens is 526 g/mol. The summed E-state index contributed by atoms with van der Waals surface area (Å²) in [6, 6.07) is 1.49. The van der Waals surface area contributed by atoms with Crippen molar-refractivity contribution in [1.29, 1.82) is 5.26 Å². The highest BCUT2D eigenvalue weighted by molar-refractivity contribution is 7.18. The number of fused-ring (bicyclic) bond motifs is 5. The fraction of sp³-hybridized carbons (Fsp3) is 0. The molecule has 0 spiro atoms. The lowest BCUT2D eigenvalue weighted by atomic mass is 9.99. The molecule has 0 radical (unpaired) electrons. The van der Waals surface area contributed by atoms with Gasteiger partial charge >= 0.3 is 5.82 Å². The normalized spacial score (nSPS) is 11.9. The monoisotopic (exact) mass is 526 g/mol. The first kappa shape index (κ1) is 23.0. The average Bonchev–Trinajstić information content (AvgIpc) is 3.50. The first-order valence-corrected chi connectivity index (χ1v) is 10.8. The Bertz CT molecular complexity index is 2130. The zero-order valence-electron chi connectivity index (χ0n) is 16.8. The van der Waals surface area contributed by atoms with Crippen LogP contribution in [0.5, 0.6) is 0 Å². The third-order valence-electron chi connectivity index (χ3n) is 5.15. The van der Waals surface area contributed by atoms with E-state index in [0.29, 0.717) is 22.7 Å². The van der Waals surface area contributed by atoms with E-state index >= 15 is 17.6 Å². The number of nitrogens with zero attached hydrogens (tertiary/aromatic N) is 6. The van der Waals surface area contributed by atoms with Gasteiger partial charge in [0.05, 0.1) is 38.2 Å². The first-order valence-electron chi connectivity index (χ1n) is 9.16. The van der Waals surface area contributed by atoms with Crippen molar-refractivity contribution in [3.8, 4) is 6.07 Å². The quantitative estimate of drug-likeness (QED) is 0.152. The molecule has 0 aliphatic rings. The van der Waals surface area contributed by atoms with Crippen LogP contribution in [-0.2, 0) is 0 Å². The number of rotatable bonds is 0. The van der Waals surface area contributed by atoms with Crippen molar-refractivity contribution in [2.45, 2.75) is 0 Å². The van der Waals surface area contributed by atoms with Crippen LogP contribution < -0.4 is 9.33 Å². The lowest BCUT2D eigenvalue weighted by Gasteiger charge is -2.11. The molecule has 5 aromatic rings. The van der Waals surface area contributed by atoms with Gasteiger partial charge in [-0.3, -0.25) is 0 Å². The Morgan fingerprint density at radius 3 is 1.78 bits per heavy atom. The molecular formula is C22F6N6S2. The molecule has 0 saturated heterocycles. The van der Waals surface area contributed by atoms with Gasteiger partial charge in [-0.2, -0.15) is 9.69 Å². The Kier molecular flexibility index (Phi) is 5.04. The van der Waals surface area contributed by atoms with Crippen LogP contribution in [0.2, 0.25) is 0 Å². The van der Waals surface area contributed by atoms with E-state index in [1.54, 1.807) is 0 Å². The Morgan fingerprint density at radius 2 is 1.17 bits per heavy atom. The number of thiazole rings is 2. The molecule has 0 atom stereocenters. The van der Waals surface area contributed by atoms with Gasteiger partial charge in [-0.15, -0.1) is 22.7 Å². The van der Waals surface area contributed by atoms with E-state index < -0.39 is 97.7 Å². The maximum atomic E-state index is 15.8. The molecule has 0 aliphatic carbocycles. The zero-order chi connectivity index (χ0) is 26.0. The fourth-order valence-electron chi connectivity index (χ4n) is 3.66. The van der Waals surface area contributed by atoms with E-state index in [4.69, 9.17) is 25.0 Å². The van der Waals surface area contributed by atoms with Crippen LogP contribution in [0, 0.1) is 66.0 Å². The molecule has 3 aromatic carbocycles. The molecule has 2 aromatic heterocycles. The number of hydrogen-bond acceptors (Lipinski definition) is 5. The van der Waals surface area contributed by atoms with Crippen LogP contribution in [0.15, 0.2) is 0 Å². The minimum absolute atomic E-state index is 0.357. The summed E-state index contributed by atoms with van der Waals surface area (Å²) in [6.45, 7) is 21.0. The molecule has 0 fully saturated rings. The van der Waals surface area contributed by atoms with Gasteiger partial charge in [0.1, 0.15) is 40.5 Å². The molecule has 14 heteroatoms. The van der Waals surface area contributed by atoms with E-state index in [0.717, 1.165) is 0 Å². The van der Waals surface area contributed by atoms with E-state index in [1.165, 1.54) is 6.07 Å². The summed E-state index contributed by atoms with van der Waals surface area (Å²) in [5.41, 5.74) is -2.28. The molecule has 6 nitrogen and oxygen atoms in total. The lowest BCUT2D eigenvalue weighted by molar-refractivity contribution is 0.517. The van der Waals surface area contributed by atoms with E-state index in [1.807, 2.05) is 0 Å². The Morgan fingerprint density at radius 1 is 0.639 bits per heavy atom. The fourth-order valence-corrected chi connectivity index (χ4v) is 5.64. The number of hydrogen-bond donors (Lipinski definition) is 0. The SMILES string of the molecule is [C-]#[N+]C([N+]#[C-])=c1nc2c(F)c3c(F)c4c(F)c(F)c5n/c(=C(\C#N)[N+]#[C-])sc5c4c(F)c3c(F)c2s1. The molecule has 172 valence electrons. The number of aromatic nitrogens is 2. The molecule has 0 amide bonds. The second kappa shape index (κ2) is 7.89. The Balaban J connectivity index is 2.14. The first-order chi connectivity index (χ1) is 17.2. The van der Waals surface area contributed by atoms with Gasteiger partial charge in [-0.1, -0.05) is 0 Å². The minimum Gasteiger partial charge on any atom is -0.244 e. The van der Waals surface area contributed by atoms with E-state index in [-0.39, 0.29) is 0 Å². The summed E-state index contributed by atoms with van der Waals surface area (Å²) in [5, 5.41) is 4.19. The van der Waals surface area contributed by atoms with Crippen molar-refractivity contribution in [2.75, 3.05) is 0 Å². The molecule has 0 aliphatic heterocycles. The summed E-state index contributed by atoms with van der Waals surface area (Å²) in [5.74, 6) is -10.9. The van der Waals surface area contributed by atoms with E-state index in [2.05, 4.69) is 24.5 Å². The predicted molar refractivity (Wildman–Crippen MR) is 119 cm³/mol. The van der Waals surface area contributed by atoms with Crippen LogP contribution in [0.1, 0.15) is 0 Å². The van der Waals surface area contributed by atoms with Crippen LogP contribution in [-0.4, -0.2) is 9.97 Å². The van der Waals surface area contributed by atoms with Crippen molar-refractivity contribution < 1.29 is 26.3 Å². The largest absolute Gasteiger partial charge is 0.555 e. The summed E-state index contributed by atoms with van der Waals surface area (Å²) in [6.07, 6.45) is 0. The van der Waals surface area contributed by atoms with Crippen LogP contribution in [0.3, 0.4) is 0 Å². The lowest BCUT2D eigenvalue weighted by Crippen LogP contribution is -2.02. The van der Waals surface area contributed by atoms with Crippen molar-refractivity contribution in [2.24, 2.45) is 0 Å². The van der Waals surface area contributed by atoms with Gasteiger partial charge in [0.15, 0.2) is 23.3 Å². The van der Waals surface area contributed by atoms with Crippen LogP contribution in [0.25, 0.3) is 68.0 Å².